The second-order valence-electron chi connectivity index (χ2n) is 7.07. The van der Waals surface area contributed by atoms with Crippen LogP contribution < -0.4 is 19.5 Å². The second kappa shape index (κ2) is 11.2. The molecule has 2 aromatic carbocycles. The summed E-state index contributed by atoms with van der Waals surface area (Å²) >= 11 is 0. The van der Waals surface area contributed by atoms with Gasteiger partial charge >= 0.3 is 0 Å². The van der Waals surface area contributed by atoms with E-state index in [1.54, 1.807) is 50.4 Å². The molecular formula is C22H28N2O7S. The maximum absolute atomic E-state index is 12.6. The number of benzene rings is 2. The number of hydrogen-bond donors (Lipinski definition) is 1. The molecule has 0 aromatic heterocycles. The van der Waals surface area contributed by atoms with Crippen molar-refractivity contribution in [2.24, 2.45) is 0 Å². The molecule has 1 heterocycles. The van der Waals surface area contributed by atoms with Crippen LogP contribution >= 0.6 is 0 Å². The van der Waals surface area contributed by atoms with E-state index in [2.05, 4.69) is 5.32 Å². The third-order valence-corrected chi connectivity index (χ3v) is 6.74. The molecule has 1 atom stereocenters. The first-order chi connectivity index (χ1) is 15.4. The van der Waals surface area contributed by atoms with Crippen LogP contribution in [0.15, 0.2) is 53.4 Å². The van der Waals surface area contributed by atoms with Crippen LogP contribution in [0, 0.1) is 0 Å². The summed E-state index contributed by atoms with van der Waals surface area (Å²) in [6.45, 7) is 3.65. The van der Waals surface area contributed by atoms with E-state index in [9.17, 15) is 13.2 Å². The van der Waals surface area contributed by atoms with E-state index in [4.69, 9.17) is 18.9 Å². The van der Waals surface area contributed by atoms with Gasteiger partial charge in [0.2, 0.25) is 10.0 Å². The minimum absolute atomic E-state index is 0.212. The zero-order chi connectivity index (χ0) is 23.0. The minimum Gasteiger partial charge on any atom is -0.497 e. The third kappa shape index (κ3) is 6.35. The van der Waals surface area contributed by atoms with Crippen molar-refractivity contribution >= 4 is 15.9 Å². The van der Waals surface area contributed by atoms with E-state index in [-0.39, 0.29) is 24.0 Å². The summed E-state index contributed by atoms with van der Waals surface area (Å²) in [5.41, 5.74) is 0. The fourth-order valence-electron chi connectivity index (χ4n) is 3.06. The fourth-order valence-corrected chi connectivity index (χ4v) is 4.47. The van der Waals surface area contributed by atoms with Gasteiger partial charge in [0.15, 0.2) is 6.10 Å². The van der Waals surface area contributed by atoms with Crippen molar-refractivity contribution in [1.82, 2.24) is 9.62 Å². The van der Waals surface area contributed by atoms with Gasteiger partial charge < -0.3 is 24.3 Å². The average molecular weight is 465 g/mol. The molecule has 0 radical (unpaired) electrons. The molecule has 2 aromatic rings. The van der Waals surface area contributed by atoms with E-state index in [0.29, 0.717) is 43.6 Å². The summed E-state index contributed by atoms with van der Waals surface area (Å²) in [6.07, 6.45) is -0.688. The van der Waals surface area contributed by atoms with Gasteiger partial charge in [0.25, 0.3) is 5.91 Å². The van der Waals surface area contributed by atoms with Gasteiger partial charge in [0.1, 0.15) is 23.9 Å². The van der Waals surface area contributed by atoms with E-state index in [1.807, 2.05) is 0 Å². The number of ether oxygens (including phenoxy) is 4. The summed E-state index contributed by atoms with van der Waals surface area (Å²) in [5.74, 6) is 1.42. The zero-order valence-corrected chi connectivity index (χ0v) is 19.0. The number of methoxy groups -OCH3 is 1. The molecular weight excluding hydrogens is 436 g/mol. The highest BCUT2D eigenvalue weighted by Crippen LogP contribution is 2.21. The fraction of sp³-hybridized carbons (Fsp3) is 0.409. The lowest BCUT2D eigenvalue weighted by atomic mass is 10.3. The minimum atomic E-state index is -3.54. The highest BCUT2D eigenvalue weighted by molar-refractivity contribution is 7.89. The van der Waals surface area contributed by atoms with Crippen LogP contribution in [-0.2, 0) is 19.6 Å². The van der Waals surface area contributed by atoms with Crippen LogP contribution in [0.2, 0.25) is 0 Å². The Labute approximate surface area is 188 Å². The normalized spacial score (nSPS) is 15.6. The van der Waals surface area contributed by atoms with Gasteiger partial charge in [-0.1, -0.05) is 6.07 Å². The second-order valence-corrected chi connectivity index (χ2v) is 9.00. The molecule has 9 nitrogen and oxygen atoms in total. The smallest absolute Gasteiger partial charge is 0.260 e. The number of morpholine rings is 1. The molecule has 0 saturated carbocycles. The molecule has 1 saturated heterocycles. The molecule has 32 heavy (non-hydrogen) atoms. The number of rotatable bonds is 10. The number of nitrogens with zero attached hydrogens (tertiary/aromatic N) is 1. The van der Waals surface area contributed by atoms with E-state index >= 15 is 0 Å². The van der Waals surface area contributed by atoms with E-state index in [0.717, 1.165) is 0 Å². The van der Waals surface area contributed by atoms with E-state index < -0.39 is 16.1 Å². The molecule has 10 heteroatoms. The van der Waals surface area contributed by atoms with E-state index in [1.165, 1.54) is 16.4 Å². The summed E-state index contributed by atoms with van der Waals surface area (Å²) in [6, 6.07) is 13.3. The molecule has 1 fully saturated rings. The SMILES string of the molecule is COc1cccc(O[C@@H](C)C(=O)NCCOc2ccc(S(=O)(=O)N3CCOCC3)cc2)c1. The van der Waals surface area contributed by atoms with Crippen molar-refractivity contribution in [3.63, 3.8) is 0 Å². The first-order valence-corrected chi connectivity index (χ1v) is 11.7. The van der Waals surface area contributed by atoms with Crippen molar-refractivity contribution < 1.29 is 32.2 Å². The van der Waals surface area contributed by atoms with Crippen molar-refractivity contribution in [3.8, 4) is 17.2 Å². The first-order valence-electron chi connectivity index (χ1n) is 10.3. The van der Waals surface area contributed by atoms with Gasteiger partial charge in [-0.2, -0.15) is 4.31 Å². The Balaban J connectivity index is 1.42. The molecule has 0 unspecified atom stereocenters. The standard InChI is InChI=1S/C22H28N2O7S/c1-17(31-20-5-3-4-19(16-20)28-2)22(25)23-10-13-30-18-6-8-21(9-7-18)32(26,27)24-11-14-29-15-12-24/h3-9,16-17H,10-15H2,1-2H3,(H,23,25)/t17-/m0/s1. The van der Waals surface area contributed by atoms with Crippen LogP contribution in [0.25, 0.3) is 0 Å². The molecule has 3 rings (SSSR count). The number of hydrogen-bond acceptors (Lipinski definition) is 7. The highest BCUT2D eigenvalue weighted by atomic mass is 32.2. The maximum atomic E-state index is 12.6. The molecule has 1 aliphatic heterocycles. The number of amides is 1. The Kier molecular flexibility index (Phi) is 8.32. The van der Waals surface area contributed by atoms with Crippen LogP contribution in [0.5, 0.6) is 17.2 Å². The summed E-state index contributed by atoms with van der Waals surface area (Å²) in [4.78, 5) is 12.4. The predicted molar refractivity (Wildman–Crippen MR) is 118 cm³/mol. The highest BCUT2D eigenvalue weighted by Gasteiger charge is 2.26. The Morgan fingerprint density at radius 1 is 1.09 bits per heavy atom. The average Bonchev–Trinajstić information content (AvgIpc) is 2.82. The van der Waals surface area contributed by atoms with Crippen LogP contribution in [-0.4, -0.2) is 71.3 Å². The lowest BCUT2D eigenvalue weighted by molar-refractivity contribution is -0.127. The number of nitrogens with one attached hydrogen (secondary N) is 1. The Morgan fingerprint density at radius 3 is 2.47 bits per heavy atom. The van der Waals surface area contributed by atoms with Gasteiger partial charge in [-0.15, -0.1) is 0 Å². The van der Waals surface area contributed by atoms with Gasteiger partial charge in [-0.3, -0.25) is 4.79 Å². The monoisotopic (exact) mass is 464 g/mol. The predicted octanol–water partition coefficient (Wildman–Crippen LogP) is 1.68. The Hall–Kier alpha value is -2.82. The molecule has 0 bridgehead atoms. The van der Waals surface area contributed by atoms with Crippen LogP contribution in [0.1, 0.15) is 6.92 Å². The molecule has 0 spiro atoms. The summed E-state index contributed by atoms with van der Waals surface area (Å²) < 4.78 is 48.2. The molecule has 1 N–H and O–H groups in total. The Morgan fingerprint density at radius 2 is 1.78 bits per heavy atom. The Bertz CT molecular complexity index is 990. The third-order valence-electron chi connectivity index (χ3n) is 4.82. The van der Waals surface area contributed by atoms with Gasteiger partial charge in [0.05, 0.1) is 31.8 Å². The molecule has 0 aliphatic carbocycles. The van der Waals surface area contributed by atoms with Crippen LogP contribution in [0.4, 0.5) is 0 Å². The maximum Gasteiger partial charge on any atom is 0.260 e. The molecule has 174 valence electrons. The number of carbonyl (C=O) groups is 1. The lowest BCUT2D eigenvalue weighted by Crippen LogP contribution is -2.40. The topological polar surface area (TPSA) is 103 Å². The quantitative estimate of drug-likeness (QED) is 0.534. The largest absolute Gasteiger partial charge is 0.497 e. The summed E-state index contributed by atoms with van der Waals surface area (Å²) in [7, 11) is -1.97. The zero-order valence-electron chi connectivity index (χ0n) is 18.2. The number of carbonyl (C=O) groups excluding carboxylic acids is 1. The number of sulfonamides is 1. The molecule has 1 aliphatic rings. The van der Waals surface area contributed by atoms with Gasteiger partial charge in [0, 0.05) is 19.2 Å². The lowest BCUT2D eigenvalue weighted by Gasteiger charge is -2.26. The first kappa shape index (κ1) is 23.8. The summed E-state index contributed by atoms with van der Waals surface area (Å²) in [5, 5.41) is 2.75. The molecule has 1 amide bonds. The van der Waals surface area contributed by atoms with Gasteiger partial charge in [-0.25, -0.2) is 8.42 Å². The van der Waals surface area contributed by atoms with Crippen molar-refractivity contribution in [2.45, 2.75) is 17.9 Å². The van der Waals surface area contributed by atoms with Gasteiger partial charge in [-0.05, 0) is 43.3 Å². The van der Waals surface area contributed by atoms with Crippen molar-refractivity contribution in [3.05, 3.63) is 48.5 Å². The van der Waals surface area contributed by atoms with Crippen LogP contribution in [0.3, 0.4) is 0 Å². The van der Waals surface area contributed by atoms with Crippen molar-refractivity contribution in [1.29, 1.82) is 0 Å². The van der Waals surface area contributed by atoms with Crippen molar-refractivity contribution in [2.75, 3.05) is 46.6 Å².